The normalized spacial score (nSPS) is 14.3. The lowest BCUT2D eigenvalue weighted by atomic mass is 9.90. The Bertz CT molecular complexity index is 799. The van der Waals surface area contributed by atoms with Gasteiger partial charge in [-0.15, -0.1) is 0 Å². The van der Waals surface area contributed by atoms with E-state index in [4.69, 9.17) is 4.74 Å². The van der Waals surface area contributed by atoms with Crippen molar-refractivity contribution < 1.29 is 14.3 Å². The fraction of sp³-hybridized carbons (Fsp3) is 0.391. The molecule has 0 aromatic heterocycles. The number of benzene rings is 2. The third-order valence-electron chi connectivity index (χ3n) is 5.20. The van der Waals surface area contributed by atoms with E-state index in [1.807, 2.05) is 30.3 Å². The summed E-state index contributed by atoms with van der Waals surface area (Å²) in [5.74, 6) is 0.841. The first kappa shape index (κ1) is 19.9. The molecule has 2 aromatic rings. The van der Waals surface area contributed by atoms with Crippen molar-refractivity contribution in [2.24, 2.45) is 5.92 Å². The Labute approximate surface area is 166 Å². The Kier molecular flexibility index (Phi) is 7.06. The number of nitrogens with one attached hydrogen (secondary N) is 2. The van der Waals surface area contributed by atoms with Crippen LogP contribution in [-0.2, 0) is 6.54 Å². The largest absolute Gasteiger partial charge is 0.492 e. The van der Waals surface area contributed by atoms with Crippen molar-refractivity contribution in [1.82, 2.24) is 10.6 Å². The monoisotopic (exact) mass is 380 g/mol. The number of hydrogen-bond donors (Lipinski definition) is 2. The van der Waals surface area contributed by atoms with Crippen LogP contribution >= 0.6 is 0 Å². The number of ether oxygens (including phenoxy) is 1. The highest BCUT2D eigenvalue weighted by molar-refractivity contribution is 5.97. The molecule has 0 unspecified atom stereocenters. The maximum atomic E-state index is 12.3. The van der Waals surface area contributed by atoms with E-state index in [0.717, 1.165) is 5.56 Å². The highest BCUT2D eigenvalue weighted by atomic mass is 16.5. The Morgan fingerprint density at radius 1 is 1.00 bits per heavy atom. The highest BCUT2D eigenvalue weighted by Crippen LogP contribution is 2.26. The first-order valence-corrected chi connectivity index (χ1v) is 9.98. The highest BCUT2D eigenvalue weighted by Gasteiger charge is 2.17. The van der Waals surface area contributed by atoms with Crippen LogP contribution in [0.3, 0.4) is 0 Å². The smallest absolute Gasteiger partial charge is 0.254 e. The van der Waals surface area contributed by atoms with Gasteiger partial charge in [0.25, 0.3) is 11.8 Å². The summed E-state index contributed by atoms with van der Waals surface area (Å²) in [6, 6.07) is 14.6. The standard InChI is InChI=1S/C23H28N2O3/c1-24-23(27)20-14-18(15-25-22(26)19-10-6-3-7-11-19)12-13-21(20)28-16-17-8-4-2-5-9-17/h3,6-7,10-14,17H,2,4-5,8-9,15-16H2,1H3,(H,24,27)(H,25,26). The summed E-state index contributed by atoms with van der Waals surface area (Å²) >= 11 is 0. The van der Waals surface area contributed by atoms with Gasteiger partial charge in [-0.1, -0.05) is 43.5 Å². The molecule has 148 valence electrons. The van der Waals surface area contributed by atoms with Crippen LogP contribution in [0.15, 0.2) is 48.5 Å². The molecule has 3 rings (SSSR count). The molecule has 0 spiro atoms. The second kappa shape index (κ2) is 9.93. The van der Waals surface area contributed by atoms with E-state index in [-0.39, 0.29) is 11.8 Å². The Balaban J connectivity index is 1.65. The van der Waals surface area contributed by atoms with Gasteiger partial charge in [0.15, 0.2) is 0 Å². The van der Waals surface area contributed by atoms with Crippen molar-refractivity contribution in [2.45, 2.75) is 38.6 Å². The summed E-state index contributed by atoms with van der Waals surface area (Å²) in [7, 11) is 1.61. The van der Waals surface area contributed by atoms with E-state index in [2.05, 4.69) is 10.6 Å². The van der Waals surface area contributed by atoms with Crippen molar-refractivity contribution in [3.05, 3.63) is 65.2 Å². The zero-order valence-corrected chi connectivity index (χ0v) is 16.4. The Morgan fingerprint density at radius 3 is 2.46 bits per heavy atom. The second-order valence-electron chi connectivity index (χ2n) is 7.27. The molecule has 1 aliphatic carbocycles. The average Bonchev–Trinajstić information content (AvgIpc) is 2.77. The molecule has 0 aliphatic heterocycles. The molecule has 0 atom stereocenters. The summed E-state index contributed by atoms with van der Waals surface area (Å²) in [5, 5.41) is 5.56. The predicted octanol–water partition coefficient (Wildman–Crippen LogP) is 3.94. The molecular formula is C23H28N2O3. The number of amides is 2. The van der Waals surface area contributed by atoms with Crippen molar-refractivity contribution in [3.63, 3.8) is 0 Å². The van der Waals surface area contributed by atoms with E-state index >= 15 is 0 Å². The quantitative estimate of drug-likeness (QED) is 0.765. The number of carbonyl (C=O) groups excluding carboxylic acids is 2. The van der Waals surface area contributed by atoms with Gasteiger partial charge in [0, 0.05) is 19.2 Å². The van der Waals surface area contributed by atoms with Gasteiger partial charge in [0.1, 0.15) is 5.75 Å². The van der Waals surface area contributed by atoms with Crippen molar-refractivity contribution in [2.75, 3.05) is 13.7 Å². The lowest BCUT2D eigenvalue weighted by Gasteiger charge is -2.22. The molecule has 28 heavy (non-hydrogen) atoms. The van der Waals surface area contributed by atoms with Gasteiger partial charge in [-0.2, -0.15) is 0 Å². The van der Waals surface area contributed by atoms with Gasteiger partial charge in [0.05, 0.1) is 12.2 Å². The summed E-state index contributed by atoms with van der Waals surface area (Å²) in [6.07, 6.45) is 6.22. The maximum absolute atomic E-state index is 12.3. The van der Waals surface area contributed by atoms with Gasteiger partial charge >= 0.3 is 0 Å². The molecule has 2 amide bonds. The van der Waals surface area contributed by atoms with Crippen molar-refractivity contribution in [1.29, 1.82) is 0 Å². The minimum atomic E-state index is -0.185. The fourth-order valence-corrected chi connectivity index (χ4v) is 3.56. The van der Waals surface area contributed by atoms with Gasteiger partial charge in [0.2, 0.25) is 0 Å². The van der Waals surface area contributed by atoms with Gasteiger partial charge in [-0.3, -0.25) is 9.59 Å². The van der Waals surface area contributed by atoms with Gasteiger partial charge < -0.3 is 15.4 Å². The van der Waals surface area contributed by atoms with Gasteiger partial charge in [-0.25, -0.2) is 0 Å². The fourth-order valence-electron chi connectivity index (χ4n) is 3.56. The third kappa shape index (κ3) is 5.35. The third-order valence-corrected chi connectivity index (χ3v) is 5.20. The van der Waals surface area contributed by atoms with E-state index in [1.165, 1.54) is 32.1 Å². The maximum Gasteiger partial charge on any atom is 0.254 e. The van der Waals surface area contributed by atoms with Crippen LogP contribution in [0.5, 0.6) is 5.75 Å². The molecular weight excluding hydrogens is 352 g/mol. The van der Waals surface area contributed by atoms with Gasteiger partial charge in [-0.05, 0) is 48.6 Å². The van der Waals surface area contributed by atoms with Crippen LogP contribution in [0.25, 0.3) is 0 Å². The molecule has 1 fully saturated rings. The van der Waals surface area contributed by atoms with Crippen LogP contribution < -0.4 is 15.4 Å². The summed E-state index contributed by atoms with van der Waals surface area (Å²) < 4.78 is 6.00. The summed E-state index contributed by atoms with van der Waals surface area (Å²) in [6.45, 7) is 0.995. The van der Waals surface area contributed by atoms with E-state index in [0.29, 0.717) is 35.9 Å². The van der Waals surface area contributed by atoms with Crippen LogP contribution in [0.4, 0.5) is 0 Å². The zero-order chi connectivity index (χ0) is 19.8. The molecule has 2 aromatic carbocycles. The predicted molar refractivity (Wildman–Crippen MR) is 110 cm³/mol. The zero-order valence-electron chi connectivity index (χ0n) is 16.4. The minimum absolute atomic E-state index is 0.139. The number of rotatable bonds is 7. The van der Waals surface area contributed by atoms with Crippen LogP contribution in [-0.4, -0.2) is 25.5 Å². The van der Waals surface area contributed by atoms with Crippen LogP contribution in [0, 0.1) is 5.92 Å². The molecule has 1 aliphatic rings. The summed E-state index contributed by atoms with van der Waals surface area (Å²) in [5.41, 5.74) is 1.97. The average molecular weight is 380 g/mol. The van der Waals surface area contributed by atoms with Crippen molar-refractivity contribution >= 4 is 11.8 Å². The molecule has 2 N–H and O–H groups in total. The molecule has 5 nitrogen and oxygen atoms in total. The van der Waals surface area contributed by atoms with Crippen LogP contribution in [0.2, 0.25) is 0 Å². The Morgan fingerprint density at radius 2 is 1.75 bits per heavy atom. The number of hydrogen-bond acceptors (Lipinski definition) is 3. The lowest BCUT2D eigenvalue weighted by Crippen LogP contribution is -2.24. The van der Waals surface area contributed by atoms with E-state index in [9.17, 15) is 9.59 Å². The molecule has 5 heteroatoms. The molecule has 0 heterocycles. The Hall–Kier alpha value is -2.82. The first-order valence-electron chi connectivity index (χ1n) is 9.98. The molecule has 0 bridgehead atoms. The SMILES string of the molecule is CNC(=O)c1cc(CNC(=O)c2ccccc2)ccc1OCC1CCCCC1. The molecule has 0 saturated heterocycles. The van der Waals surface area contributed by atoms with Crippen molar-refractivity contribution in [3.8, 4) is 5.75 Å². The minimum Gasteiger partial charge on any atom is -0.492 e. The second-order valence-corrected chi connectivity index (χ2v) is 7.27. The summed E-state index contributed by atoms with van der Waals surface area (Å²) in [4.78, 5) is 24.5. The number of carbonyl (C=O) groups is 2. The topological polar surface area (TPSA) is 67.4 Å². The molecule has 0 radical (unpaired) electrons. The lowest BCUT2D eigenvalue weighted by molar-refractivity contribution is 0.0947. The van der Waals surface area contributed by atoms with E-state index in [1.54, 1.807) is 25.2 Å². The van der Waals surface area contributed by atoms with Crippen LogP contribution in [0.1, 0.15) is 58.4 Å². The first-order chi connectivity index (χ1) is 13.7. The molecule has 1 saturated carbocycles. The van der Waals surface area contributed by atoms with E-state index < -0.39 is 0 Å².